The van der Waals surface area contributed by atoms with Crippen molar-refractivity contribution in [3.8, 4) is 40.1 Å². The number of hydrogen-bond acceptors (Lipinski definition) is 12. The minimum atomic E-state index is -1.81. The summed E-state index contributed by atoms with van der Waals surface area (Å²) >= 11 is 0. The molecule has 0 radical (unpaired) electrons. The number of phenols is 4. The van der Waals surface area contributed by atoms with Crippen molar-refractivity contribution >= 4 is 23.0 Å². The first-order valence-corrected chi connectivity index (χ1v) is 12.7. The third-order valence-electron chi connectivity index (χ3n) is 6.62. The van der Waals surface area contributed by atoms with E-state index in [9.17, 15) is 40.2 Å². The standard InChI is InChI=1S/C30H26O12/c1-14-27(41-22(35)11-4-15-2-7-17(31)8-3-15)25(37)26(38)30(39-14)42-29-24(36)23-20(34)12-19(33)13-21(23)40-28(29)16-5-9-18(32)10-6-16/h2-14,25-27,30-34,37-38H,1H3. The largest absolute Gasteiger partial charge is 0.508 e. The Bertz CT molecular complexity index is 1690. The number of esters is 1. The van der Waals surface area contributed by atoms with Crippen LogP contribution in [0.1, 0.15) is 12.5 Å². The summed E-state index contributed by atoms with van der Waals surface area (Å²) in [5.41, 5.74) is -0.177. The maximum absolute atomic E-state index is 13.5. The molecule has 0 bridgehead atoms. The molecule has 5 atom stereocenters. The van der Waals surface area contributed by atoms with Crippen molar-refractivity contribution < 1.29 is 54.1 Å². The van der Waals surface area contributed by atoms with E-state index in [-0.39, 0.29) is 39.5 Å². The summed E-state index contributed by atoms with van der Waals surface area (Å²) in [6, 6.07) is 13.6. The molecule has 5 rings (SSSR count). The summed E-state index contributed by atoms with van der Waals surface area (Å²) < 4.78 is 22.6. The molecule has 42 heavy (non-hydrogen) atoms. The monoisotopic (exact) mass is 578 g/mol. The lowest BCUT2D eigenvalue weighted by molar-refractivity contribution is -0.271. The van der Waals surface area contributed by atoms with E-state index in [1.165, 1.54) is 49.4 Å². The van der Waals surface area contributed by atoms with Gasteiger partial charge in [0.1, 0.15) is 46.2 Å². The minimum Gasteiger partial charge on any atom is -0.508 e. The fraction of sp³-hybridized carbons (Fsp3) is 0.200. The average Bonchev–Trinajstić information content (AvgIpc) is 2.95. The van der Waals surface area contributed by atoms with Crippen LogP contribution < -0.4 is 10.2 Å². The van der Waals surface area contributed by atoms with Crippen LogP contribution in [0.25, 0.3) is 28.4 Å². The van der Waals surface area contributed by atoms with E-state index in [1.807, 2.05) is 0 Å². The van der Waals surface area contributed by atoms with Crippen molar-refractivity contribution in [2.75, 3.05) is 0 Å². The Morgan fingerprint density at radius 2 is 1.52 bits per heavy atom. The van der Waals surface area contributed by atoms with Crippen LogP contribution in [0.15, 0.2) is 76.0 Å². The van der Waals surface area contributed by atoms with Crippen LogP contribution >= 0.6 is 0 Å². The lowest BCUT2D eigenvalue weighted by Crippen LogP contribution is -2.59. The lowest BCUT2D eigenvalue weighted by Gasteiger charge is -2.40. The second-order valence-corrected chi connectivity index (χ2v) is 9.61. The van der Waals surface area contributed by atoms with E-state index in [0.717, 1.165) is 18.2 Å². The summed E-state index contributed by atoms with van der Waals surface area (Å²) in [4.78, 5) is 25.9. The average molecular weight is 579 g/mol. The van der Waals surface area contributed by atoms with Crippen LogP contribution in [0.3, 0.4) is 0 Å². The fourth-order valence-electron chi connectivity index (χ4n) is 4.48. The number of carbonyl (C=O) groups excluding carboxylic acids is 1. The topological polar surface area (TPSA) is 196 Å². The van der Waals surface area contributed by atoms with Gasteiger partial charge in [0.05, 0.1) is 6.10 Å². The van der Waals surface area contributed by atoms with Crippen molar-refractivity contribution in [1.29, 1.82) is 0 Å². The first-order valence-electron chi connectivity index (χ1n) is 12.7. The molecule has 4 aromatic rings. The Morgan fingerprint density at radius 3 is 2.19 bits per heavy atom. The molecular formula is C30H26O12. The van der Waals surface area contributed by atoms with Crippen LogP contribution in [-0.4, -0.2) is 67.3 Å². The highest BCUT2D eigenvalue weighted by molar-refractivity contribution is 5.88. The van der Waals surface area contributed by atoms with Gasteiger partial charge in [-0.25, -0.2) is 4.79 Å². The van der Waals surface area contributed by atoms with E-state index in [4.69, 9.17) is 18.6 Å². The van der Waals surface area contributed by atoms with Crippen LogP contribution in [0.5, 0.6) is 28.7 Å². The second kappa shape index (κ2) is 11.4. The number of rotatable bonds is 6. The molecule has 3 aromatic carbocycles. The molecular weight excluding hydrogens is 552 g/mol. The van der Waals surface area contributed by atoms with Gasteiger partial charge < -0.3 is 49.3 Å². The number of aliphatic hydroxyl groups is 2. The molecule has 0 saturated carbocycles. The van der Waals surface area contributed by atoms with Gasteiger partial charge in [-0.2, -0.15) is 0 Å². The van der Waals surface area contributed by atoms with E-state index in [1.54, 1.807) is 12.1 Å². The number of benzene rings is 3. The smallest absolute Gasteiger partial charge is 0.331 e. The number of hydrogen-bond donors (Lipinski definition) is 6. The summed E-state index contributed by atoms with van der Waals surface area (Å²) in [6.45, 7) is 1.46. The Kier molecular flexibility index (Phi) is 7.77. The SMILES string of the molecule is CC1OC(Oc2c(-c3ccc(O)cc3)oc3cc(O)cc(O)c3c2=O)C(O)C(O)C1OC(=O)C=Cc1ccc(O)cc1. The van der Waals surface area contributed by atoms with E-state index < -0.39 is 53.6 Å². The Balaban J connectivity index is 1.42. The van der Waals surface area contributed by atoms with Gasteiger partial charge in [0.15, 0.2) is 11.9 Å². The molecule has 1 saturated heterocycles. The first kappa shape index (κ1) is 28.5. The molecule has 1 aliphatic rings. The zero-order valence-corrected chi connectivity index (χ0v) is 21.9. The molecule has 1 aromatic heterocycles. The number of aliphatic hydroxyl groups excluding tert-OH is 2. The first-order chi connectivity index (χ1) is 20.0. The predicted molar refractivity (Wildman–Crippen MR) is 147 cm³/mol. The van der Waals surface area contributed by atoms with Crippen molar-refractivity contribution in [3.63, 3.8) is 0 Å². The van der Waals surface area contributed by atoms with Gasteiger partial charge in [-0.1, -0.05) is 12.1 Å². The normalized spacial score (nSPS) is 22.3. The highest BCUT2D eigenvalue weighted by Crippen LogP contribution is 2.37. The van der Waals surface area contributed by atoms with Gasteiger partial charge in [0, 0.05) is 23.8 Å². The summed E-state index contributed by atoms with van der Waals surface area (Å²) in [5, 5.41) is 60.7. The van der Waals surface area contributed by atoms with Crippen LogP contribution in [0, 0.1) is 0 Å². The molecule has 12 nitrogen and oxygen atoms in total. The van der Waals surface area contributed by atoms with Gasteiger partial charge >= 0.3 is 5.97 Å². The molecule has 5 unspecified atom stereocenters. The second-order valence-electron chi connectivity index (χ2n) is 9.61. The van der Waals surface area contributed by atoms with Crippen LogP contribution in [0.2, 0.25) is 0 Å². The van der Waals surface area contributed by atoms with E-state index >= 15 is 0 Å². The number of aromatic hydroxyl groups is 4. The maximum atomic E-state index is 13.5. The molecule has 0 amide bonds. The molecule has 218 valence electrons. The predicted octanol–water partition coefficient (Wildman–Crippen LogP) is 2.75. The van der Waals surface area contributed by atoms with Gasteiger partial charge in [0.2, 0.25) is 17.5 Å². The Hall–Kier alpha value is -5.04. The molecule has 6 N–H and O–H groups in total. The highest BCUT2D eigenvalue weighted by atomic mass is 16.7. The number of fused-ring (bicyclic) bond motifs is 1. The zero-order chi connectivity index (χ0) is 30.1. The number of ether oxygens (including phenoxy) is 3. The zero-order valence-electron chi connectivity index (χ0n) is 21.9. The van der Waals surface area contributed by atoms with Crippen molar-refractivity contribution in [3.05, 3.63) is 82.5 Å². The molecule has 1 aliphatic heterocycles. The number of phenolic OH excluding ortho intramolecular Hbond substituents is 4. The molecule has 0 spiro atoms. The van der Waals surface area contributed by atoms with Gasteiger partial charge in [0.25, 0.3) is 0 Å². The van der Waals surface area contributed by atoms with Gasteiger partial charge in [-0.15, -0.1) is 0 Å². The quantitative estimate of drug-likeness (QED) is 0.145. The maximum Gasteiger partial charge on any atom is 0.331 e. The Morgan fingerprint density at radius 1 is 0.881 bits per heavy atom. The highest BCUT2D eigenvalue weighted by Gasteiger charge is 2.46. The van der Waals surface area contributed by atoms with E-state index in [2.05, 4.69) is 0 Å². The fourth-order valence-corrected chi connectivity index (χ4v) is 4.48. The van der Waals surface area contributed by atoms with E-state index in [0.29, 0.717) is 5.56 Å². The number of carbonyl (C=O) groups is 1. The molecule has 12 heteroatoms. The van der Waals surface area contributed by atoms with Gasteiger partial charge in [-0.05, 0) is 55.0 Å². The summed E-state index contributed by atoms with van der Waals surface area (Å²) in [5.74, 6) is -2.47. The molecule has 2 heterocycles. The van der Waals surface area contributed by atoms with Crippen molar-refractivity contribution in [2.45, 2.75) is 37.6 Å². The minimum absolute atomic E-state index is 0.0598. The van der Waals surface area contributed by atoms with Crippen LogP contribution in [0.4, 0.5) is 0 Å². The summed E-state index contributed by atoms with van der Waals surface area (Å²) in [7, 11) is 0. The third-order valence-corrected chi connectivity index (χ3v) is 6.62. The van der Waals surface area contributed by atoms with Crippen LogP contribution in [-0.2, 0) is 14.3 Å². The Labute approximate surface area is 237 Å². The summed E-state index contributed by atoms with van der Waals surface area (Å²) in [6.07, 6.45) is -4.94. The molecule has 0 aliphatic carbocycles. The molecule has 1 fully saturated rings. The van der Waals surface area contributed by atoms with Crippen molar-refractivity contribution in [2.24, 2.45) is 0 Å². The van der Waals surface area contributed by atoms with Crippen molar-refractivity contribution in [1.82, 2.24) is 0 Å². The lowest BCUT2D eigenvalue weighted by atomic mass is 9.99. The van der Waals surface area contributed by atoms with Gasteiger partial charge in [-0.3, -0.25) is 4.79 Å². The third kappa shape index (κ3) is 5.72.